The second-order valence-corrected chi connectivity index (χ2v) is 7.10. The van der Waals surface area contributed by atoms with E-state index in [0.29, 0.717) is 30.1 Å². The number of likely N-dealkylation sites (N-methyl/N-ethyl adjacent to an activating group) is 1. The van der Waals surface area contributed by atoms with Gasteiger partial charge in [-0.05, 0) is 48.5 Å². The van der Waals surface area contributed by atoms with Crippen LogP contribution in [0.5, 0.6) is 5.75 Å². The summed E-state index contributed by atoms with van der Waals surface area (Å²) in [6.07, 6.45) is 0. The molecule has 1 unspecified atom stereocenters. The van der Waals surface area contributed by atoms with Gasteiger partial charge in [-0.3, -0.25) is 9.59 Å². The Kier molecular flexibility index (Phi) is 7.73. The standard InChI is InChI=1S/C24H24FN3O3/c1-28(15-16-31-20-7-3-2-4-8-20)17-23(29)27-22-10-6-5-9-21(22)24(30)26-19-13-11-18(25)12-14-19/h2-14H,15-17H2,1H3,(H,26,30)(H,27,29)/p+1. The molecule has 3 aromatic carbocycles. The average Bonchev–Trinajstić information content (AvgIpc) is 2.76. The highest BCUT2D eigenvalue weighted by Gasteiger charge is 2.16. The first-order chi connectivity index (χ1) is 15.0. The lowest BCUT2D eigenvalue weighted by Crippen LogP contribution is -3.10. The largest absolute Gasteiger partial charge is 0.488 e. The van der Waals surface area contributed by atoms with Gasteiger partial charge in [0.05, 0.1) is 18.3 Å². The number of carbonyl (C=O) groups is 2. The number of amides is 2. The first-order valence-corrected chi connectivity index (χ1v) is 9.96. The van der Waals surface area contributed by atoms with E-state index in [0.717, 1.165) is 10.6 Å². The highest BCUT2D eigenvalue weighted by molar-refractivity contribution is 6.10. The van der Waals surface area contributed by atoms with Crippen LogP contribution in [0.3, 0.4) is 0 Å². The van der Waals surface area contributed by atoms with E-state index in [1.807, 2.05) is 37.4 Å². The van der Waals surface area contributed by atoms with Gasteiger partial charge in [0.25, 0.3) is 11.8 Å². The summed E-state index contributed by atoms with van der Waals surface area (Å²) in [5, 5.41) is 5.51. The number of anilines is 2. The molecule has 0 radical (unpaired) electrons. The topological polar surface area (TPSA) is 71.9 Å². The maximum absolute atomic E-state index is 13.1. The summed E-state index contributed by atoms with van der Waals surface area (Å²) in [4.78, 5) is 26.1. The number of quaternary nitrogens is 1. The van der Waals surface area contributed by atoms with Crippen LogP contribution in [0.15, 0.2) is 78.9 Å². The Labute approximate surface area is 180 Å². The Morgan fingerprint density at radius 2 is 1.58 bits per heavy atom. The number of nitrogens with one attached hydrogen (secondary N) is 3. The number of benzene rings is 3. The molecule has 0 fully saturated rings. The summed E-state index contributed by atoms with van der Waals surface area (Å²) in [6.45, 7) is 1.36. The molecule has 1 atom stereocenters. The Morgan fingerprint density at radius 3 is 2.32 bits per heavy atom. The Balaban J connectivity index is 1.52. The van der Waals surface area contributed by atoms with Crippen molar-refractivity contribution in [3.05, 3.63) is 90.2 Å². The SMILES string of the molecule is C[NH+](CCOc1ccccc1)CC(=O)Nc1ccccc1C(=O)Nc1ccc(F)cc1. The maximum Gasteiger partial charge on any atom is 0.279 e. The summed E-state index contributed by atoms with van der Waals surface area (Å²) >= 11 is 0. The fraction of sp³-hybridized carbons (Fsp3) is 0.167. The minimum atomic E-state index is -0.389. The molecule has 31 heavy (non-hydrogen) atoms. The molecule has 0 saturated heterocycles. The highest BCUT2D eigenvalue weighted by atomic mass is 19.1. The predicted molar refractivity (Wildman–Crippen MR) is 118 cm³/mol. The van der Waals surface area contributed by atoms with Crippen molar-refractivity contribution >= 4 is 23.2 Å². The van der Waals surface area contributed by atoms with Crippen LogP contribution in [0.2, 0.25) is 0 Å². The molecular weight excluding hydrogens is 397 g/mol. The van der Waals surface area contributed by atoms with Gasteiger partial charge in [0.15, 0.2) is 6.54 Å². The smallest absolute Gasteiger partial charge is 0.279 e. The monoisotopic (exact) mass is 422 g/mol. The number of ether oxygens (including phenoxy) is 1. The molecule has 3 rings (SSSR count). The van der Waals surface area contributed by atoms with E-state index in [2.05, 4.69) is 10.6 Å². The zero-order chi connectivity index (χ0) is 22.1. The van der Waals surface area contributed by atoms with Crippen LogP contribution in [-0.4, -0.2) is 38.6 Å². The number of hydrogen-bond acceptors (Lipinski definition) is 3. The minimum absolute atomic E-state index is 0.209. The van der Waals surface area contributed by atoms with Gasteiger partial charge >= 0.3 is 0 Å². The molecule has 0 aromatic heterocycles. The number of para-hydroxylation sites is 2. The van der Waals surface area contributed by atoms with Gasteiger partial charge in [0.1, 0.15) is 24.7 Å². The summed E-state index contributed by atoms with van der Waals surface area (Å²) in [7, 11) is 1.90. The number of carbonyl (C=O) groups excluding carboxylic acids is 2. The van der Waals surface area contributed by atoms with Crippen LogP contribution in [-0.2, 0) is 4.79 Å². The van der Waals surface area contributed by atoms with E-state index in [1.54, 1.807) is 24.3 Å². The molecular formula is C24H25FN3O3+. The summed E-state index contributed by atoms with van der Waals surface area (Å²) in [6, 6.07) is 21.7. The third-order valence-electron chi connectivity index (χ3n) is 4.55. The molecule has 3 aromatic rings. The second-order valence-electron chi connectivity index (χ2n) is 7.10. The summed E-state index contributed by atoms with van der Waals surface area (Å²) < 4.78 is 18.7. The van der Waals surface area contributed by atoms with Gasteiger partial charge in [-0.15, -0.1) is 0 Å². The normalized spacial score (nSPS) is 11.4. The molecule has 0 aliphatic rings. The second kappa shape index (κ2) is 10.9. The van der Waals surface area contributed by atoms with Crippen molar-refractivity contribution in [2.45, 2.75) is 0 Å². The van der Waals surface area contributed by atoms with Gasteiger partial charge in [0, 0.05) is 5.69 Å². The molecule has 7 heteroatoms. The fourth-order valence-electron chi connectivity index (χ4n) is 2.94. The van der Waals surface area contributed by atoms with E-state index >= 15 is 0 Å². The first kappa shape index (κ1) is 22.0. The van der Waals surface area contributed by atoms with Crippen molar-refractivity contribution in [2.75, 3.05) is 37.4 Å². The van der Waals surface area contributed by atoms with Gasteiger partial charge in [0.2, 0.25) is 0 Å². The zero-order valence-electron chi connectivity index (χ0n) is 17.2. The maximum atomic E-state index is 13.1. The Bertz CT molecular complexity index is 1010. The fourth-order valence-corrected chi connectivity index (χ4v) is 2.94. The molecule has 2 amide bonds. The third kappa shape index (κ3) is 6.94. The van der Waals surface area contributed by atoms with Gasteiger partial charge in [-0.1, -0.05) is 30.3 Å². The van der Waals surface area contributed by atoms with Crippen LogP contribution in [0.4, 0.5) is 15.8 Å². The molecule has 6 nitrogen and oxygen atoms in total. The van der Waals surface area contributed by atoms with Gasteiger partial charge in [-0.2, -0.15) is 0 Å². The van der Waals surface area contributed by atoms with Crippen molar-refractivity contribution in [1.29, 1.82) is 0 Å². The van der Waals surface area contributed by atoms with Crippen molar-refractivity contribution in [3.63, 3.8) is 0 Å². The Hall–Kier alpha value is -3.71. The van der Waals surface area contributed by atoms with Crippen LogP contribution in [0.1, 0.15) is 10.4 Å². The van der Waals surface area contributed by atoms with Crippen molar-refractivity contribution < 1.29 is 23.6 Å². The molecule has 0 aliphatic heterocycles. The predicted octanol–water partition coefficient (Wildman–Crippen LogP) is 2.61. The molecule has 0 spiro atoms. The first-order valence-electron chi connectivity index (χ1n) is 9.96. The number of rotatable bonds is 9. The van der Waals surface area contributed by atoms with E-state index in [-0.39, 0.29) is 24.2 Å². The van der Waals surface area contributed by atoms with Crippen LogP contribution in [0.25, 0.3) is 0 Å². The van der Waals surface area contributed by atoms with E-state index < -0.39 is 0 Å². The van der Waals surface area contributed by atoms with Crippen molar-refractivity contribution in [1.82, 2.24) is 0 Å². The molecule has 0 heterocycles. The van der Waals surface area contributed by atoms with E-state index in [1.165, 1.54) is 24.3 Å². The van der Waals surface area contributed by atoms with Crippen molar-refractivity contribution in [3.8, 4) is 5.75 Å². The molecule has 0 bridgehead atoms. The zero-order valence-corrected chi connectivity index (χ0v) is 17.2. The molecule has 3 N–H and O–H groups in total. The van der Waals surface area contributed by atoms with Gasteiger partial charge in [-0.25, -0.2) is 4.39 Å². The lowest BCUT2D eigenvalue weighted by atomic mass is 10.1. The van der Waals surface area contributed by atoms with Gasteiger partial charge < -0.3 is 20.3 Å². The Morgan fingerprint density at radius 1 is 0.903 bits per heavy atom. The lowest BCUT2D eigenvalue weighted by Gasteiger charge is -2.15. The number of halogens is 1. The van der Waals surface area contributed by atoms with Crippen LogP contribution < -0.4 is 20.3 Å². The molecule has 0 aliphatic carbocycles. The van der Waals surface area contributed by atoms with E-state index in [4.69, 9.17) is 4.74 Å². The lowest BCUT2D eigenvalue weighted by molar-refractivity contribution is -0.871. The number of hydrogen-bond donors (Lipinski definition) is 3. The summed E-state index contributed by atoms with van der Waals surface area (Å²) in [5.74, 6) is -0.189. The third-order valence-corrected chi connectivity index (χ3v) is 4.55. The van der Waals surface area contributed by atoms with Crippen LogP contribution in [0, 0.1) is 5.82 Å². The molecule has 160 valence electrons. The highest BCUT2D eigenvalue weighted by Crippen LogP contribution is 2.17. The summed E-state index contributed by atoms with van der Waals surface area (Å²) in [5.41, 5.74) is 1.21. The quantitative estimate of drug-likeness (QED) is 0.496. The van der Waals surface area contributed by atoms with E-state index in [9.17, 15) is 14.0 Å². The van der Waals surface area contributed by atoms with Crippen molar-refractivity contribution in [2.24, 2.45) is 0 Å². The average molecular weight is 422 g/mol. The minimum Gasteiger partial charge on any atom is -0.488 e. The molecule has 0 saturated carbocycles. The van der Waals surface area contributed by atoms with Crippen LogP contribution >= 0.6 is 0 Å².